The molecular formula is C17H25NO2. The molecule has 1 N–H and O–H groups in total. The topological polar surface area (TPSA) is 38.3 Å². The average Bonchev–Trinajstić information content (AvgIpc) is 2.74. The van der Waals surface area contributed by atoms with Crippen molar-refractivity contribution >= 4 is 11.7 Å². The van der Waals surface area contributed by atoms with Gasteiger partial charge in [-0.1, -0.05) is 31.7 Å². The van der Waals surface area contributed by atoms with E-state index in [9.17, 15) is 4.79 Å². The highest BCUT2D eigenvalue weighted by atomic mass is 16.5. The maximum absolute atomic E-state index is 11.6. The minimum absolute atomic E-state index is 0.275. The smallest absolute Gasteiger partial charge is 0.337 e. The van der Waals surface area contributed by atoms with Crippen molar-refractivity contribution in [2.24, 2.45) is 5.92 Å². The fourth-order valence-corrected chi connectivity index (χ4v) is 2.88. The van der Waals surface area contributed by atoms with Crippen LogP contribution in [0.5, 0.6) is 0 Å². The molecule has 20 heavy (non-hydrogen) atoms. The molecule has 0 radical (unpaired) electrons. The second-order valence-electron chi connectivity index (χ2n) is 5.76. The molecule has 0 atom stereocenters. The van der Waals surface area contributed by atoms with Crippen molar-refractivity contribution in [3.05, 3.63) is 29.3 Å². The zero-order chi connectivity index (χ0) is 14.4. The van der Waals surface area contributed by atoms with Gasteiger partial charge in [0.25, 0.3) is 0 Å². The Morgan fingerprint density at radius 2 is 1.95 bits per heavy atom. The van der Waals surface area contributed by atoms with Gasteiger partial charge in [0.1, 0.15) is 0 Å². The van der Waals surface area contributed by atoms with Crippen molar-refractivity contribution < 1.29 is 9.53 Å². The number of benzene rings is 1. The maximum atomic E-state index is 11.6. The summed E-state index contributed by atoms with van der Waals surface area (Å²) in [5.74, 6) is 0.487. The molecule has 0 amide bonds. The number of aryl methyl sites for hydroxylation is 1. The van der Waals surface area contributed by atoms with Crippen molar-refractivity contribution in [3.8, 4) is 0 Å². The summed E-state index contributed by atoms with van der Waals surface area (Å²) in [7, 11) is 1.42. The number of hydrogen-bond donors (Lipinski definition) is 1. The first-order valence-corrected chi connectivity index (χ1v) is 7.63. The molecule has 0 unspecified atom stereocenters. The molecule has 3 nitrogen and oxygen atoms in total. The molecule has 2 rings (SSSR count). The summed E-state index contributed by atoms with van der Waals surface area (Å²) in [6, 6.07) is 5.69. The Labute approximate surface area is 121 Å². The summed E-state index contributed by atoms with van der Waals surface area (Å²) < 4.78 is 4.78. The van der Waals surface area contributed by atoms with Crippen LogP contribution in [0.4, 0.5) is 5.69 Å². The van der Waals surface area contributed by atoms with Crippen LogP contribution in [0.1, 0.15) is 54.4 Å². The molecule has 1 aliphatic carbocycles. The number of hydrogen-bond acceptors (Lipinski definition) is 3. The first kappa shape index (κ1) is 14.9. The lowest BCUT2D eigenvalue weighted by Crippen LogP contribution is -2.14. The summed E-state index contributed by atoms with van der Waals surface area (Å²) in [6.45, 7) is 3.07. The lowest BCUT2D eigenvalue weighted by Gasteiger charge is -2.17. The fraction of sp³-hybridized carbons (Fsp3) is 0.588. The number of ether oxygens (including phenoxy) is 1. The second-order valence-corrected chi connectivity index (χ2v) is 5.76. The molecule has 0 aliphatic heterocycles. The Bertz CT molecular complexity index is 448. The van der Waals surface area contributed by atoms with Gasteiger partial charge in [0, 0.05) is 12.2 Å². The van der Waals surface area contributed by atoms with Gasteiger partial charge in [0.05, 0.1) is 12.7 Å². The molecule has 1 aromatic rings. The zero-order valence-electron chi connectivity index (χ0n) is 12.6. The van der Waals surface area contributed by atoms with E-state index in [1.807, 2.05) is 18.2 Å². The second kappa shape index (κ2) is 7.32. The predicted molar refractivity (Wildman–Crippen MR) is 82.2 cm³/mol. The highest BCUT2D eigenvalue weighted by molar-refractivity contribution is 5.90. The van der Waals surface area contributed by atoms with Crippen LogP contribution in [0.2, 0.25) is 0 Å². The first-order chi connectivity index (χ1) is 9.70. The normalized spacial score (nSPS) is 16.5. The van der Waals surface area contributed by atoms with E-state index < -0.39 is 0 Å². The molecule has 1 saturated carbocycles. The zero-order valence-corrected chi connectivity index (χ0v) is 12.6. The van der Waals surface area contributed by atoms with Crippen molar-refractivity contribution in [2.45, 2.75) is 45.4 Å². The van der Waals surface area contributed by atoms with Crippen LogP contribution < -0.4 is 5.32 Å². The van der Waals surface area contributed by atoms with Gasteiger partial charge in [0.15, 0.2) is 0 Å². The lowest BCUT2D eigenvalue weighted by molar-refractivity contribution is 0.0601. The SMILES string of the molecule is COC(=O)c1ccc(C)c(NCC2CCCCCC2)c1. The molecule has 0 heterocycles. The molecule has 1 fully saturated rings. The molecule has 0 aromatic heterocycles. The monoisotopic (exact) mass is 275 g/mol. The molecule has 1 aliphatic rings. The lowest BCUT2D eigenvalue weighted by atomic mass is 10.00. The quantitative estimate of drug-likeness (QED) is 0.662. The van der Waals surface area contributed by atoms with Gasteiger partial charge in [-0.2, -0.15) is 0 Å². The molecule has 0 spiro atoms. The van der Waals surface area contributed by atoms with Crippen molar-refractivity contribution in [1.82, 2.24) is 0 Å². The summed E-state index contributed by atoms with van der Waals surface area (Å²) in [5, 5.41) is 3.52. The maximum Gasteiger partial charge on any atom is 0.337 e. The van der Waals surface area contributed by atoms with E-state index in [0.717, 1.165) is 18.2 Å². The van der Waals surface area contributed by atoms with Crippen LogP contribution in [0.15, 0.2) is 18.2 Å². The minimum Gasteiger partial charge on any atom is -0.465 e. The Morgan fingerprint density at radius 3 is 2.60 bits per heavy atom. The van der Waals surface area contributed by atoms with Crippen molar-refractivity contribution in [1.29, 1.82) is 0 Å². The fourth-order valence-electron chi connectivity index (χ4n) is 2.88. The molecule has 0 saturated heterocycles. The summed E-state index contributed by atoms with van der Waals surface area (Å²) in [4.78, 5) is 11.6. The van der Waals surface area contributed by atoms with Crippen LogP contribution in [-0.2, 0) is 4.74 Å². The number of methoxy groups -OCH3 is 1. The van der Waals surface area contributed by atoms with E-state index in [0.29, 0.717) is 5.56 Å². The number of nitrogens with one attached hydrogen (secondary N) is 1. The number of carbonyl (C=O) groups is 1. The predicted octanol–water partition coefficient (Wildman–Crippen LogP) is 4.16. The number of esters is 1. The van der Waals surface area contributed by atoms with Gasteiger partial charge < -0.3 is 10.1 Å². The van der Waals surface area contributed by atoms with Crippen molar-refractivity contribution in [2.75, 3.05) is 19.0 Å². The third kappa shape index (κ3) is 3.99. The van der Waals surface area contributed by atoms with Crippen molar-refractivity contribution in [3.63, 3.8) is 0 Å². The molecule has 1 aromatic carbocycles. The molecule has 0 bridgehead atoms. The Kier molecular flexibility index (Phi) is 5.45. The Morgan fingerprint density at radius 1 is 1.25 bits per heavy atom. The van der Waals surface area contributed by atoms with Crippen LogP contribution >= 0.6 is 0 Å². The number of carbonyl (C=O) groups excluding carboxylic acids is 1. The van der Waals surface area contributed by atoms with Gasteiger partial charge in [-0.15, -0.1) is 0 Å². The summed E-state index contributed by atoms with van der Waals surface area (Å²) in [6.07, 6.45) is 8.12. The molecular weight excluding hydrogens is 250 g/mol. The van der Waals surface area contributed by atoms with E-state index in [1.165, 1.54) is 51.2 Å². The average molecular weight is 275 g/mol. The van der Waals surface area contributed by atoms with Gasteiger partial charge in [-0.25, -0.2) is 4.79 Å². The minimum atomic E-state index is -0.275. The first-order valence-electron chi connectivity index (χ1n) is 7.63. The number of anilines is 1. The molecule has 3 heteroatoms. The van der Waals surface area contributed by atoms with Crippen LogP contribution in [-0.4, -0.2) is 19.6 Å². The van der Waals surface area contributed by atoms with Gasteiger partial charge in [-0.05, 0) is 43.4 Å². The standard InChI is InChI=1S/C17H25NO2/c1-13-9-10-15(17(19)20-2)11-16(13)18-12-14-7-5-3-4-6-8-14/h9-11,14,18H,3-8,12H2,1-2H3. The van der Waals surface area contributed by atoms with Crippen LogP contribution in [0, 0.1) is 12.8 Å². The van der Waals surface area contributed by atoms with Crippen LogP contribution in [0.25, 0.3) is 0 Å². The number of rotatable bonds is 4. The highest BCUT2D eigenvalue weighted by Gasteiger charge is 2.13. The molecule has 110 valence electrons. The largest absolute Gasteiger partial charge is 0.465 e. The Hall–Kier alpha value is -1.51. The van der Waals surface area contributed by atoms with Gasteiger partial charge in [0.2, 0.25) is 0 Å². The van der Waals surface area contributed by atoms with Gasteiger partial charge in [-0.3, -0.25) is 0 Å². The van der Waals surface area contributed by atoms with E-state index in [1.54, 1.807) is 0 Å². The third-order valence-electron chi connectivity index (χ3n) is 4.21. The van der Waals surface area contributed by atoms with E-state index in [4.69, 9.17) is 4.74 Å². The van der Waals surface area contributed by atoms with Crippen LogP contribution in [0.3, 0.4) is 0 Å². The van der Waals surface area contributed by atoms with Gasteiger partial charge >= 0.3 is 5.97 Å². The van der Waals surface area contributed by atoms with E-state index in [2.05, 4.69) is 12.2 Å². The third-order valence-corrected chi connectivity index (χ3v) is 4.21. The van der Waals surface area contributed by atoms with E-state index >= 15 is 0 Å². The highest BCUT2D eigenvalue weighted by Crippen LogP contribution is 2.24. The summed E-state index contributed by atoms with van der Waals surface area (Å²) >= 11 is 0. The Balaban J connectivity index is 1.98. The summed E-state index contributed by atoms with van der Waals surface area (Å²) in [5.41, 5.74) is 2.84. The van der Waals surface area contributed by atoms with E-state index in [-0.39, 0.29) is 5.97 Å².